The van der Waals surface area contributed by atoms with Gasteiger partial charge in [0.2, 0.25) is 5.91 Å². The molecule has 0 atom stereocenters. The minimum Gasteiger partial charge on any atom is -0.480 e. The number of carboxylic acids is 1. The van der Waals surface area contributed by atoms with Crippen molar-refractivity contribution in [3.05, 3.63) is 0 Å². The minimum absolute atomic E-state index is 0.105. The average Bonchev–Trinajstić information content (AvgIpc) is 2.49. The second kappa shape index (κ2) is 10.9. The summed E-state index contributed by atoms with van der Waals surface area (Å²) in [6.07, 6.45) is 8.43. The van der Waals surface area contributed by atoms with Crippen molar-refractivity contribution in [2.24, 2.45) is 0 Å². The van der Waals surface area contributed by atoms with Crippen molar-refractivity contribution in [3.63, 3.8) is 0 Å². The zero-order chi connectivity index (χ0) is 16.2. The van der Waals surface area contributed by atoms with E-state index in [-0.39, 0.29) is 18.5 Å². The number of carbonyl (C=O) groups excluding carboxylic acids is 2. The Morgan fingerprint density at radius 1 is 0.955 bits per heavy atom. The summed E-state index contributed by atoms with van der Waals surface area (Å²) < 4.78 is 0. The lowest BCUT2D eigenvalue weighted by Crippen LogP contribution is -2.43. The van der Waals surface area contributed by atoms with Crippen molar-refractivity contribution in [1.29, 1.82) is 0 Å². The van der Waals surface area contributed by atoms with E-state index in [1.807, 2.05) is 0 Å². The summed E-state index contributed by atoms with van der Waals surface area (Å²) in [7, 11) is 0. The highest BCUT2D eigenvalue weighted by Gasteiger charge is 2.14. The molecule has 0 heterocycles. The first-order chi connectivity index (χ1) is 10.6. The molecule has 3 amide bonds. The molecule has 126 valence electrons. The zero-order valence-electron chi connectivity index (χ0n) is 13.0. The Balaban J connectivity index is 1.93. The van der Waals surface area contributed by atoms with Crippen LogP contribution in [0, 0.1) is 0 Å². The molecule has 0 aromatic heterocycles. The fourth-order valence-corrected chi connectivity index (χ4v) is 2.54. The Labute approximate surface area is 131 Å². The van der Waals surface area contributed by atoms with Gasteiger partial charge in [0.05, 0.1) is 0 Å². The van der Waals surface area contributed by atoms with E-state index in [2.05, 4.69) is 16.0 Å². The molecule has 1 aliphatic rings. The number of carboxylic acid groups (broad SMARTS) is 1. The molecule has 1 rings (SSSR count). The Morgan fingerprint density at radius 2 is 1.68 bits per heavy atom. The quantitative estimate of drug-likeness (QED) is 0.482. The molecular weight excluding hydrogens is 286 g/mol. The number of urea groups is 1. The lowest BCUT2D eigenvalue weighted by atomic mass is 9.96. The first-order valence-corrected chi connectivity index (χ1v) is 8.11. The van der Waals surface area contributed by atoms with E-state index >= 15 is 0 Å². The van der Waals surface area contributed by atoms with Crippen molar-refractivity contribution in [2.45, 2.75) is 63.8 Å². The number of hydrogen-bond donors (Lipinski definition) is 4. The van der Waals surface area contributed by atoms with Crippen LogP contribution in [0.4, 0.5) is 4.79 Å². The molecule has 0 saturated heterocycles. The van der Waals surface area contributed by atoms with E-state index in [1.54, 1.807) is 0 Å². The van der Waals surface area contributed by atoms with Crippen molar-refractivity contribution >= 4 is 17.9 Å². The molecule has 1 aliphatic carbocycles. The molecule has 0 radical (unpaired) electrons. The van der Waals surface area contributed by atoms with Gasteiger partial charge in [-0.3, -0.25) is 9.59 Å². The zero-order valence-corrected chi connectivity index (χ0v) is 13.0. The van der Waals surface area contributed by atoms with Gasteiger partial charge in [-0.2, -0.15) is 0 Å². The van der Waals surface area contributed by atoms with Crippen molar-refractivity contribution in [3.8, 4) is 0 Å². The molecule has 7 heteroatoms. The molecule has 0 unspecified atom stereocenters. The van der Waals surface area contributed by atoms with Gasteiger partial charge in [-0.05, 0) is 25.7 Å². The third-order valence-corrected chi connectivity index (χ3v) is 3.74. The molecule has 0 aromatic carbocycles. The predicted molar refractivity (Wildman–Crippen MR) is 82.5 cm³/mol. The SMILES string of the molecule is O=C(O)CNC(=O)CCCCCNC(=O)NC1CCCCC1. The smallest absolute Gasteiger partial charge is 0.322 e. The van der Waals surface area contributed by atoms with Gasteiger partial charge >= 0.3 is 12.0 Å². The maximum atomic E-state index is 11.7. The van der Waals surface area contributed by atoms with Crippen LogP contribution in [-0.2, 0) is 9.59 Å². The number of rotatable bonds is 9. The third-order valence-electron chi connectivity index (χ3n) is 3.74. The molecule has 0 aliphatic heterocycles. The van der Waals surface area contributed by atoms with Crippen LogP contribution < -0.4 is 16.0 Å². The summed E-state index contributed by atoms with van der Waals surface area (Å²) in [4.78, 5) is 33.2. The normalized spacial score (nSPS) is 15.1. The van der Waals surface area contributed by atoms with E-state index in [9.17, 15) is 14.4 Å². The predicted octanol–water partition coefficient (Wildman–Crippen LogP) is 1.38. The van der Waals surface area contributed by atoms with Crippen LogP contribution in [0.25, 0.3) is 0 Å². The Bertz CT molecular complexity index is 368. The molecule has 0 bridgehead atoms. The monoisotopic (exact) mass is 313 g/mol. The van der Waals surface area contributed by atoms with Crippen LogP contribution in [0.1, 0.15) is 57.8 Å². The third kappa shape index (κ3) is 9.20. The Kier molecular flexibility index (Phi) is 9.02. The van der Waals surface area contributed by atoms with E-state index in [0.29, 0.717) is 25.4 Å². The maximum absolute atomic E-state index is 11.7. The first kappa shape index (κ1) is 18.3. The molecule has 1 saturated carbocycles. The molecule has 7 nitrogen and oxygen atoms in total. The van der Waals surface area contributed by atoms with Gasteiger partial charge in [-0.1, -0.05) is 25.7 Å². The second-order valence-corrected chi connectivity index (χ2v) is 5.72. The highest BCUT2D eigenvalue weighted by atomic mass is 16.4. The van der Waals surface area contributed by atoms with Crippen molar-refractivity contribution < 1.29 is 19.5 Å². The molecule has 0 aromatic rings. The van der Waals surface area contributed by atoms with Crippen LogP contribution >= 0.6 is 0 Å². The summed E-state index contributed by atoms with van der Waals surface area (Å²) in [5.41, 5.74) is 0. The summed E-state index contributed by atoms with van der Waals surface area (Å²) in [6, 6.07) is 0.206. The topological polar surface area (TPSA) is 108 Å². The maximum Gasteiger partial charge on any atom is 0.322 e. The largest absolute Gasteiger partial charge is 0.480 e. The Hall–Kier alpha value is -1.79. The Morgan fingerprint density at radius 3 is 2.36 bits per heavy atom. The van der Waals surface area contributed by atoms with Crippen LogP contribution in [-0.4, -0.2) is 42.1 Å². The van der Waals surface area contributed by atoms with E-state index in [0.717, 1.165) is 25.7 Å². The van der Waals surface area contributed by atoms with E-state index in [4.69, 9.17) is 5.11 Å². The van der Waals surface area contributed by atoms with Gasteiger partial charge in [-0.15, -0.1) is 0 Å². The summed E-state index contributed by atoms with van der Waals surface area (Å²) in [5, 5.41) is 16.5. The minimum atomic E-state index is -1.04. The highest BCUT2D eigenvalue weighted by molar-refractivity contribution is 5.80. The van der Waals surface area contributed by atoms with Crippen LogP contribution in [0.2, 0.25) is 0 Å². The van der Waals surface area contributed by atoms with Crippen LogP contribution in [0.3, 0.4) is 0 Å². The molecule has 1 fully saturated rings. The van der Waals surface area contributed by atoms with Crippen LogP contribution in [0.15, 0.2) is 0 Å². The van der Waals surface area contributed by atoms with Gasteiger partial charge in [0.15, 0.2) is 0 Å². The lowest BCUT2D eigenvalue weighted by Gasteiger charge is -2.22. The number of unbranched alkanes of at least 4 members (excludes halogenated alkanes) is 2. The first-order valence-electron chi connectivity index (χ1n) is 8.11. The van der Waals surface area contributed by atoms with Gasteiger partial charge in [-0.25, -0.2) is 4.79 Å². The van der Waals surface area contributed by atoms with Gasteiger partial charge in [0.1, 0.15) is 6.54 Å². The number of amides is 3. The molecule has 22 heavy (non-hydrogen) atoms. The van der Waals surface area contributed by atoms with Gasteiger partial charge < -0.3 is 21.1 Å². The van der Waals surface area contributed by atoms with Crippen LogP contribution in [0.5, 0.6) is 0 Å². The molecule has 4 N–H and O–H groups in total. The fourth-order valence-electron chi connectivity index (χ4n) is 2.54. The van der Waals surface area contributed by atoms with E-state index in [1.165, 1.54) is 19.3 Å². The van der Waals surface area contributed by atoms with Crippen molar-refractivity contribution in [1.82, 2.24) is 16.0 Å². The number of aliphatic carboxylic acids is 1. The fraction of sp³-hybridized carbons (Fsp3) is 0.800. The van der Waals surface area contributed by atoms with Gasteiger partial charge in [0.25, 0.3) is 0 Å². The van der Waals surface area contributed by atoms with E-state index < -0.39 is 5.97 Å². The van der Waals surface area contributed by atoms with Gasteiger partial charge in [0, 0.05) is 19.0 Å². The average molecular weight is 313 g/mol. The van der Waals surface area contributed by atoms with Crippen molar-refractivity contribution in [2.75, 3.05) is 13.1 Å². The lowest BCUT2D eigenvalue weighted by molar-refractivity contribution is -0.137. The standard InChI is InChI=1S/C15H27N3O4/c19-13(17-11-14(20)21)9-5-2-6-10-16-15(22)18-12-7-3-1-4-8-12/h12H,1-11H2,(H,17,19)(H,20,21)(H2,16,18,22). The molecular formula is C15H27N3O4. The number of hydrogen-bond acceptors (Lipinski definition) is 3. The summed E-state index contributed by atoms with van der Waals surface area (Å²) in [5.74, 6) is -1.29. The molecule has 0 spiro atoms. The highest BCUT2D eigenvalue weighted by Crippen LogP contribution is 2.17. The number of nitrogens with one attached hydrogen (secondary N) is 3. The summed E-state index contributed by atoms with van der Waals surface area (Å²) in [6.45, 7) is 0.261. The summed E-state index contributed by atoms with van der Waals surface area (Å²) >= 11 is 0. The second-order valence-electron chi connectivity index (χ2n) is 5.72. The number of carbonyl (C=O) groups is 3.